The van der Waals surface area contributed by atoms with E-state index in [1.54, 1.807) is 7.11 Å². The smallest absolute Gasteiger partial charge is 0.316 e. The number of carbonyl (C=O) groups excluding carboxylic acids is 2. The average molecular weight is 375 g/mol. The summed E-state index contributed by atoms with van der Waals surface area (Å²) in [6, 6.07) is 16.7. The molecule has 2 aromatic rings. The van der Waals surface area contributed by atoms with Crippen molar-refractivity contribution < 1.29 is 23.8 Å². The summed E-state index contributed by atoms with van der Waals surface area (Å²) in [7, 11) is 1.60. The lowest BCUT2D eigenvalue weighted by molar-refractivity contribution is -0.145. The van der Waals surface area contributed by atoms with Gasteiger partial charge in [0.2, 0.25) is 0 Å². The summed E-state index contributed by atoms with van der Waals surface area (Å²) < 4.78 is 15.5. The van der Waals surface area contributed by atoms with E-state index in [-0.39, 0.29) is 18.3 Å². The Hall–Kier alpha value is -2.67. The Balaban J connectivity index is 1.55. The second-order valence-corrected chi connectivity index (χ2v) is 6.19. The molecule has 7 heteroatoms. The molecular weight excluding hydrogens is 354 g/mol. The first-order valence-corrected chi connectivity index (χ1v) is 9.03. The molecular formula is C19H21NO5S. The number of nitrogens with one attached hydrogen (secondary N) is 1. The number of ether oxygens (including phenoxy) is 3. The van der Waals surface area contributed by atoms with E-state index in [0.717, 1.165) is 16.4 Å². The quantitative estimate of drug-likeness (QED) is 0.391. The molecule has 0 atom stereocenters. The molecule has 0 radical (unpaired) electrons. The van der Waals surface area contributed by atoms with E-state index >= 15 is 0 Å². The molecule has 0 aliphatic carbocycles. The molecule has 0 fully saturated rings. The van der Waals surface area contributed by atoms with Crippen LogP contribution in [0.1, 0.15) is 0 Å². The number of amides is 1. The van der Waals surface area contributed by atoms with Crippen molar-refractivity contribution in [3.05, 3.63) is 54.6 Å². The number of benzene rings is 2. The van der Waals surface area contributed by atoms with Gasteiger partial charge in [-0.2, -0.15) is 0 Å². The minimum Gasteiger partial charge on any atom is -0.497 e. The van der Waals surface area contributed by atoms with Gasteiger partial charge in [0.15, 0.2) is 6.61 Å². The minimum absolute atomic E-state index is 0.136. The summed E-state index contributed by atoms with van der Waals surface area (Å²) in [6.07, 6.45) is 0. The van der Waals surface area contributed by atoms with Gasteiger partial charge >= 0.3 is 5.97 Å². The van der Waals surface area contributed by atoms with Crippen molar-refractivity contribution in [2.24, 2.45) is 0 Å². The molecule has 26 heavy (non-hydrogen) atoms. The summed E-state index contributed by atoms with van der Waals surface area (Å²) in [4.78, 5) is 24.2. The third kappa shape index (κ3) is 7.48. The Labute approximate surface area is 156 Å². The fourth-order valence-corrected chi connectivity index (χ4v) is 2.63. The number of methoxy groups -OCH3 is 1. The highest BCUT2D eigenvalue weighted by atomic mass is 32.2. The lowest BCUT2D eigenvalue weighted by Gasteiger charge is -2.08. The van der Waals surface area contributed by atoms with Crippen LogP contribution in [0, 0.1) is 0 Å². The molecule has 0 heterocycles. The Kier molecular flexibility index (Phi) is 8.35. The third-order valence-corrected chi connectivity index (χ3v) is 4.20. The standard InChI is InChI=1S/C19H21NO5S/c1-23-15-7-9-17(10-8-15)26-14-19(22)25-13-18(21)20-11-12-24-16-5-3-2-4-6-16/h2-10H,11-14H2,1H3,(H,20,21). The number of esters is 1. The van der Waals surface area contributed by atoms with Crippen molar-refractivity contribution in [1.82, 2.24) is 5.32 Å². The summed E-state index contributed by atoms with van der Waals surface area (Å²) in [5, 5.41) is 2.63. The Bertz CT molecular complexity index is 691. The molecule has 1 amide bonds. The van der Waals surface area contributed by atoms with Crippen molar-refractivity contribution in [3.63, 3.8) is 0 Å². The Morgan fingerprint density at radius 1 is 1.00 bits per heavy atom. The van der Waals surface area contributed by atoms with E-state index in [4.69, 9.17) is 14.2 Å². The minimum atomic E-state index is -0.443. The van der Waals surface area contributed by atoms with Gasteiger partial charge in [0.05, 0.1) is 19.4 Å². The number of carbonyl (C=O) groups is 2. The van der Waals surface area contributed by atoms with Gasteiger partial charge in [-0.3, -0.25) is 9.59 Å². The van der Waals surface area contributed by atoms with Gasteiger partial charge in [0.1, 0.15) is 18.1 Å². The van der Waals surface area contributed by atoms with Crippen LogP contribution in [0.5, 0.6) is 11.5 Å². The predicted molar refractivity (Wildman–Crippen MR) is 99.6 cm³/mol. The summed E-state index contributed by atoms with van der Waals surface area (Å²) in [5.74, 6) is 0.830. The van der Waals surface area contributed by atoms with E-state index < -0.39 is 5.97 Å². The fraction of sp³-hybridized carbons (Fsp3) is 0.263. The van der Waals surface area contributed by atoms with Gasteiger partial charge < -0.3 is 19.5 Å². The first-order valence-electron chi connectivity index (χ1n) is 8.04. The van der Waals surface area contributed by atoms with E-state index in [1.165, 1.54) is 11.8 Å². The van der Waals surface area contributed by atoms with E-state index in [0.29, 0.717) is 13.2 Å². The molecule has 0 saturated heterocycles. The number of hydrogen-bond donors (Lipinski definition) is 1. The average Bonchev–Trinajstić information content (AvgIpc) is 2.69. The lowest BCUT2D eigenvalue weighted by atomic mass is 10.3. The molecule has 138 valence electrons. The van der Waals surface area contributed by atoms with Gasteiger partial charge in [-0.1, -0.05) is 18.2 Å². The summed E-state index contributed by atoms with van der Waals surface area (Å²) in [5.41, 5.74) is 0. The van der Waals surface area contributed by atoms with Crippen LogP contribution in [0.2, 0.25) is 0 Å². The highest BCUT2D eigenvalue weighted by Crippen LogP contribution is 2.21. The lowest BCUT2D eigenvalue weighted by Crippen LogP contribution is -2.32. The van der Waals surface area contributed by atoms with Crippen LogP contribution in [0.15, 0.2) is 59.5 Å². The van der Waals surface area contributed by atoms with Crippen LogP contribution in [0.3, 0.4) is 0 Å². The van der Waals surface area contributed by atoms with Crippen LogP contribution >= 0.6 is 11.8 Å². The maximum atomic E-state index is 11.7. The van der Waals surface area contributed by atoms with Gasteiger partial charge in [-0.05, 0) is 36.4 Å². The molecule has 0 aliphatic rings. The zero-order valence-corrected chi connectivity index (χ0v) is 15.3. The molecule has 2 rings (SSSR count). The van der Waals surface area contributed by atoms with Crippen LogP contribution in [0.25, 0.3) is 0 Å². The topological polar surface area (TPSA) is 73.9 Å². The highest BCUT2D eigenvalue weighted by Gasteiger charge is 2.08. The maximum Gasteiger partial charge on any atom is 0.316 e. The maximum absolute atomic E-state index is 11.7. The zero-order chi connectivity index (χ0) is 18.6. The van der Waals surface area contributed by atoms with Crippen LogP contribution in [0.4, 0.5) is 0 Å². The van der Waals surface area contributed by atoms with Gasteiger partial charge in [0, 0.05) is 4.90 Å². The van der Waals surface area contributed by atoms with E-state index in [1.807, 2.05) is 54.6 Å². The van der Waals surface area contributed by atoms with Crippen molar-refractivity contribution in [3.8, 4) is 11.5 Å². The largest absolute Gasteiger partial charge is 0.497 e. The molecule has 0 spiro atoms. The molecule has 0 aliphatic heterocycles. The molecule has 0 unspecified atom stereocenters. The first kappa shape index (κ1) is 19.7. The van der Waals surface area contributed by atoms with E-state index in [2.05, 4.69) is 5.32 Å². The van der Waals surface area contributed by atoms with Crippen molar-refractivity contribution >= 4 is 23.6 Å². The molecule has 0 aromatic heterocycles. The summed E-state index contributed by atoms with van der Waals surface area (Å²) in [6.45, 7) is 0.385. The number of hydrogen-bond acceptors (Lipinski definition) is 6. The zero-order valence-electron chi connectivity index (χ0n) is 14.5. The van der Waals surface area contributed by atoms with E-state index in [9.17, 15) is 9.59 Å². The third-order valence-electron chi connectivity index (χ3n) is 3.22. The molecule has 0 bridgehead atoms. The number of rotatable bonds is 10. The number of para-hydroxylation sites is 1. The normalized spacial score (nSPS) is 10.0. The predicted octanol–water partition coefficient (Wildman–Crippen LogP) is 2.53. The SMILES string of the molecule is COc1ccc(SCC(=O)OCC(=O)NCCOc2ccccc2)cc1. The molecule has 0 saturated carbocycles. The van der Waals surface area contributed by atoms with Gasteiger partial charge in [-0.25, -0.2) is 0 Å². The monoisotopic (exact) mass is 375 g/mol. The van der Waals surface area contributed by atoms with Gasteiger partial charge in [-0.15, -0.1) is 11.8 Å². The first-order chi connectivity index (χ1) is 12.7. The highest BCUT2D eigenvalue weighted by molar-refractivity contribution is 8.00. The van der Waals surface area contributed by atoms with Gasteiger partial charge in [0.25, 0.3) is 5.91 Å². The van der Waals surface area contributed by atoms with Crippen LogP contribution in [-0.2, 0) is 14.3 Å². The second-order valence-electron chi connectivity index (χ2n) is 5.14. The Morgan fingerprint density at radius 2 is 1.73 bits per heavy atom. The molecule has 2 aromatic carbocycles. The van der Waals surface area contributed by atoms with Crippen molar-refractivity contribution in [2.45, 2.75) is 4.90 Å². The second kappa shape index (κ2) is 11.0. The molecule has 1 N–H and O–H groups in total. The van der Waals surface area contributed by atoms with Crippen molar-refractivity contribution in [2.75, 3.05) is 32.6 Å². The van der Waals surface area contributed by atoms with Crippen LogP contribution < -0.4 is 14.8 Å². The Morgan fingerprint density at radius 3 is 2.42 bits per heavy atom. The summed E-state index contributed by atoms with van der Waals surface area (Å²) >= 11 is 1.34. The van der Waals surface area contributed by atoms with Crippen LogP contribution in [-0.4, -0.2) is 44.5 Å². The number of thioether (sulfide) groups is 1. The molecule has 6 nitrogen and oxygen atoms in total. The van der Waals surface area contributed by atoms with Crippen molar-refractivity contribution in [1.29, 1.82) is 0 Å². The fourth-order valence-electron chi connectivity index (χ4n) is 1.93.